The number of urea groups is 1. The molecule has 154 valence electrons. The fraction of sp³-hybridized carbons (Fsp3) is 0.667. The Labute approximate surface area is 164 Å². The van der Waals surface area contributed by atoms with E-state index in [1.807, 2.05) is 4.90 Å². The lowest BCUT2D eigenvalue weighted by molar-refractivity contribution is -0.0882. The molecule has 3 heterocycles. The van der Waals surface area contributed by atoms with Gasteiger partial charge in [0.05, 0.1) is 12.2 Å². The van der Waals surface area contributed by atoms with Gasteiger partial charge in [-0.2, -0.15) is 0 Å². The average molecular weight is 394 g/mol. The second-order valence-electron chi connectivity index (χ2n) is 8.31. The van der Waals surface area contributed by atoms with E-state index in [1.165, 1.54) is 18.2 Å². The van der Waals surface area contributed by atoms with Gasteiger partial charge in [0.15, 0.2) is 0 Å². The number of amides is 2. The third-order valence-electron chi connectivity index (χ3n) is 6.34. The first-order valence-electron chi connectivity index (χ1n) is 10.2. The number of likely N-dealkylation sites (tertiary alicyclic amines) is 1. The maximum Gasteiger partial charge on any atom is 0.317 e. The lowest BCUT2D eigenvalue weighted by Crippen LogP contribution is -2.53. The van der Waals surface area contributed by atoms with Crippen LogP contribution in [0.2, 0.25) is 0 Å². The van der Waals surface area contributed by atoms with Crippen molar-refractivity contribution < 1.29 is 23.0 Å². The van der Waals surface area contributed by atoms with E-state index in [0.717, 1.165) is 38.7 Å². The van der Waals surface area contributed by atoms with Gasteiger partial charge in [0.25, 0.3) is 0 Å². The molecule has 1 aromatic carbocycles. The van der Waals surface area contributed by atoms with Crippen LogP contribution in [0.1, 0.15) is 37.7 Å². The van der Waals surface area contributed by atoms with Crippen LogP contribution in [0.3, 0.4) is 0 Å². The maximum atomic E-state index is 13.9. The molecule has 4 rings (SSSR count). The van der Waals surface area contributed by atoms with Gasteiger partial charge in [-0.05, 0) is 50.2 Å². The molecule has 3 fully saturated rings. The number of hydrogen-bond acceptors (Lipinski definition) is 3. The number of hydrogen-bond donors (Lipinski definition) is 1. The molecule has 1 N–H and O–H groups in total. The topological polar surface area (TPSA) is 50.8 Å². The molecule has 2 amide bonds. The smallest absolute Gasteiger partial charge is 0.317 e. The van der Waals surface area contributed by atoms with E-state index in [2.05, 4.69) is 5.32 Å². The van der Waals surface area contributed by atoms with Gasteiger partial charge in [0.1, 0.15) is 11.6 Å². The predicted octanol–water partition coefficient (Wildman–Crippen LogP) is 3.27. The Kier molecular flexibility index (Phi) is 5.83. The number of ether oxygens (including phenoxy) is 2. The number of carbonyl (C=O) groups excluding carboxylic acids is 1. The predicted molar refractivity (Wildman–Crippen MR) is 100 cm³/mol. The summed E-state index contributed by atoms with van der Waals surface area (Å²) < 4.78 is 39.1. The molecule has 0 bridgehead atoms. The highest BCUT2D eigenvalue weighted by Gasteiger charge is 2.41. The number of piperidine rings is 1. The monoisotopic (exact) mass is 394 g/mol. The quantitative estimate of drug-likeness (QED) is 0.856. The third kappa shape index (κ3) is 4.30. The van der Waals surface area contributed by atoms with Crippen molar-refractivity contribution in [3.05, 3.63) is 35.4 Å². The number of nitrogens with zero attached hydrogens (tertiary/aromatic N) is 1. The fourth-order valence-corrected chi connectivity index (χ4v) is 4.64. The molecule has 3 saturated heterocycles. The molecule has 1 spiro atoms. The molecule has 2 atom stereocenters. The Morgan fingerprint density at radius 3 is 2.61 bits per heavy atom. The number of carbonyl (C=O) groups is 1. The summed E-state index contributed by atoms with van der Waals surface area (Å²) in [7, 11) is 0. The molecule has 0 unspecified atom stereocenters. The molecular formula is C21H28F2N2O3. The Hall–Kier alpha value is -1.73. The summed E-state index contributed by atoms with van der Waals surface area (Å²) in [5.41, 5.74) is -0.0655. The van der Waals surface area contributed by atoms with Crippen LogP contribution in [0.15, 0.2) is 18.2 Å². The maximum absolute atomic E-state index is 13.9. The molecule has 28 heavy (non-hydrogen) atoms. The molecule has 0 radical (unpaired) electrons. The van der Waals surface area contributed by atoms with Gasteiger partial charge in [0, 0.05) is 44.3 Å². The van der Waals surface area contributed by atoms with Crippen molar-refractivity contribution in [2.24, 2.45) is 5.92 Å². The van der Waals surface area contributed by atoms with Crippen molar-refractivity contribution in [3.8, 4) is 0 Å². The first-order chi connectivity index (χ1) is 13.5. The van der Waals surface area contributed by atoms with Crippen molar-refractivity contribution in [3.63, 3.8) is 0 Å². The SMILES string of the molecule is O=C(N[C@H]1CCO[C@@]2(CCOC2)C1)N1CCC(Cc2c(F)cccc2F)CC1. The first kappa shape index (κ1) is 19.6. The zero-order chi connectivity index (χ0) is 19.6. The zero-order valence-corrected chi connectivity index (χ0v) is 16.1. The van der Waals surface area contributed by atoms with Gasteiger partial charge >= 0.3 is 6.03 Å². The molecule has 5 nitrogen and oxygen atoms in total. The lowest BCUT2D eigenvalue weighted by atomic mass is 9.89. The van der Waals surface area contributed by atoms with E-state index in [0.29, 0.717) is 32.7 Å². The highest BCUT2D eigenvalue weighted by atomic mass is 19.1. The molecule has 7 heteroatoms. The minimum absolute atomic E-state index is 0.0449. The molecule has 0 saturated carbocycles. The highest BCUT2D eigenvalue weighted by Crippen LogP contribution is 2.33. The molecule has 3 aliphatic heterocycles. The molecule has 0 aliphatic carbocycles. The Bertz CT molecular complexity index is 681. The molecule has 0 aromatic heterocycles. The van der Waals surface area contributed by atoms with Crippen LogP contribution in [-0.2, 0) is 15.9 Å². The van der Waals surface area contributed by atoms with E-state index in [9.17, 15) is 13.6 Å². The van der Waals surface area contributed by atoms with Gasteiger partial charge in [-0.15, -0.1) is 0 Å². The summed E-state index contributed by atoms with van der Waals surface area (Å²) in [5, 5.41) is 3.15. The van der Waals surface area contributed by atoms with E-state index >= 15 is 0 Å². The van der Waals surface area contributed by atoms with E-state index in [-0.39, 0.29) is 29.2 Å². The van der Waals surface area contributed by atoms with Gasteiger partial charge < -0.3 is 19.7 Å². The van der Waals surface area contributed by atoms with E-state index < -0.39 is 11.6 Å². The normalized spacial score (nSPS) is 28.6. The van der Waals surface area contributed by atoms with Gasteiger partial charge in [-0.1, -0.05) is 6.07 Å². The van der Waals surface area contributed by atoms with Crippen LogP contribution in [0.25, 0.3) is 0 Å². The lowest BCUT2D eigenvalue weighted by Gasteiger charge is -2.39. The van der Waals surface area contributed by atoms with Crippen LogP contribution in [0.4, 0.5) is 13.6 Å². The number of rotatable bonds is 3. The van der Waals surface area contributed by atoms with Gasteiger partial charge in [0.2, 0.25) is 0 Å². The fourth-order valence-electron chi connectivity index (χ4n) is 4.64. The highest BCUT2D eigenvalue weighted by molar-refractivity contribution is 5.74. The summed E-state index contributed by atoms with van der Waals surface area (Å²) in [6.07, 6.45) is 4.39. The molecule has 1 aromatic rings. The van der Waals surface area contributed by atoms with Crippen LogP contribution >= 0.6 is 0 Å². The van der Waals surface area contributed by atoms with Crippen molar-refractivity contribution in [2.45, 2.75) is 50.2 Å². The van der Waals surface area contributed by atoms with Gasteiger partial charge in [-0.3, -0.25) is 0 Å². The largest absolute Gasteiger partial charge is 0.378 e. The Morgan fingerprint density at radius 1 is 1.18 bits per heavy atom. The summed E-state index contributed by atoms with van der Waals surface area (Å²) in [4.78, 5) is 14.5. The second-order valence-corrected chi connectivity index (χ2v) is 8.31. The molecular weight excluding hydrogens is 366 g/mol. The second kappa shape index (κ2) is 8.33. The Morgan fingerprint density at radius 2 is 1.93 bits per heavy atom. The summed E-state index contributed by atoms with van der Waals surface area (Å²) in [6, 6.07) is 4.05. The summed E-state index contributed by atoms with van der Waals surface area (Å²) in [5.74, 6) is -0.772. The van der Waals surface area contributed by atoms with Crippen LogP contribution in [0.5, 0.6) is 0 Å². The van der Waals surface area contributed by atoms with Crippen LogP contribution in [0, 0.1) is 17.6 Å². The number of benzene rings is 1. The van der Waals surface area contributed by atoms with Crippen molar-refractivity contribution >= 4 is 6.03 Å². The summed E-state index contributed by atoms with van der Waals surface area (Å²) >= 11 is 0. The third-order valence-corrected chi connectivity index (χ3v) is 6.34. The standard InChI is InChI=1S/C21H28F2N2O3/c22-18-2-1-3-19(23)17(18)12-15-4-8-25(9-5-15)20(26)24-16-6-10-28-21(13-16)7-11-27-14-21/h1-3,15-16H,4-14H2,(H,24,26)/t16-,21-/m0/s1. The van der Waals surface area contributed by atoms with E-state index in [1.54, 1.807) is 0 Å². The average Bonchev–Trinajstić information content (AvgIpc) is 3.13. The van der Waals surface area contributed by atoms with Crippen LogP contribution < -0.4 is 5.32 Å². The van der Waals surface area contributed by atoms with Crippen molar-refractivity contribution in [1.82, 2.24) is 10.2 Å². The Balaban J connectivity index is 1.26. The zero-order valence-electron chi connectivity index (χ0n) is 16.1. The van der Waals surface area contributed by atoms with Crippen molar-refractivity contribution in [2.75, 3.05) is 32.9 Å². The molecule has 3 aliphatic rings. The number of nitrogens with one attached hydrogen (secondary N) is 1. The minimum atomic E-state index is -0.482. The van der Waals surface area contributed by atoms with E-state index in [4.69, 9.17) is 9.47 Å². The number of halogens is 2. The minimum Gasteiger partial charge on any atom is -0.378 e. The van der Waals surface area contributed by atoms with Gasteiger partial charge in [-0.25, -0.2) is 13.6 Å². The summed E-state index contributed by atoms with van der Waals surface area (Å²) in [6.45, 7) is 3.20. The van der Waals surface area contributed by atoms with Crippen LogP contribution in [-0.4, -0.2) is 55.5 Å². The van der Waals surface area contributed by atoms with Crippen molar-refractivity contribution in [1.29, 1.82) is 0 Å². The first-order valence-corrected chi connectivity index (χ1v) is 10.2.